The molecule has 1 aliphatic rings. The number of carbonyl (C=O) groups excluding carboxylic acids is 1. The summed E-state index contributed by atoms with van der Waals surface area (Å²) in [4.78, 5) is 14.9. The summed E-state index contributed by atoms with van der Waals surface area (Å²) in [6.45, 7) is 0.527. The average Bonchev–Trinajstić information content (AvgIpc) is 3.36. The SMILES string of the molecule is COc1ccc(-c2nn(Cc3ccccc3)cc2C(=O)N(C)C2CCS(=O)(=O)C2)cc1. The van der Waals surface area contributed by atoms with E-state index in [9.17, 15) is 13.2 Å². The Balaban J connectivity index is 1.69. The van der Waals surface area contributed by atoms with Crippen molar-refractivity contribution < 1.29 is 17.9 Å². The first-order valence-electron chi connectivity index (χ1n) is 10.1. The van der Waals surface area contributed by atoms with Gasteiger partial charge in [0.05, 0.1) is 30.7 Å². The number of hydrogen-bond acceptors (Lipinski definition) is 5. The Kier molecular flexibility index (Phi) is 5.82. The lowest BCUT2D eigenvalue weighted by Gasteiger charge is -2.23. The van der Waals surface area contributed by atoms with Gasteiger partial charge in [-0.1, -0.05) is 30.3 Å². The van der Waals surface area contributed by atoms with Crippen LogP contribution in [-0.2, 0) is 16.4 Å². The van der Waals surface area contributed by atoms with Crippen LogP contribution in [0.3, 0.4) is 0 Å². The van der Waals surface area contributed by atoms with Crippen LogP contribution in [0.5, 0.6) is 5.75 Å². The molecule has 8 heteroatoms. The fourth-order valence-corrected chi connectivity index (χ4v) is 5.60. The van der Waals surface area contributed by atoms with Crippen LogP contribution in [0.15, 0.2) is 60.8 Å². The minimum Gasteiger partial charge on any atom is -0.497 e. The average molecular weight is 440 g/mol. The van der Waals surface area contributed by atoms with Crippen LogP contribution in [0.2, 0.25) is 0 Å². The number of benzene rings is 2. The van der Waals surface area contributed by atoms with E-state index in [2.05, 4.69) is 0 Å². The molecule has 1 amide bonds. The van der Waals surface area contributed by atoms with Gasteiger partial charge >= 0.3 is 0 Å². The zero-order chi connectivity index (χ0) is 22.0. The lowest BCUT2D eigenvalue weighted by molar-refractivity contribution is 0.0748. The highest BCUT2D eigenvalue weighted by Crippen LogP contribution is 2.27. The summed E-state index contributed by atoms with van der Waals surface area (Å²) in [5.74, 6) is 0.611. The van der Waals surface area contributed by atoms with Crippen LogP contribution in [0.25, 0.3) is 11.3 Å². The fraction of sp³-hybridized carbons (Fsp3) is 0.304. The van der Waals surface area contributed by atoms with Crippen molar-refractivity contribution in [3.63, 3.8) is 0 Å². The Morgan fingerprint density at radius 1 is 1.16 bits per heavy atom. The second kappa shape index (κ2) is 8.55. The van der Waals surface area contributed by atoms with Gasteiger partial charge in [-0.3, -0.25) is 9.48 Å². The van der Waals surface area contributed by atoms with Gasteiger partial charge in [0.1, 0.15) is 11.4 Å². The number of rotatable bonds is 6. The molecule has 7 nitrogen and oxygen atoms in total. The van der Waals surface area contributed by atoms with Crippen LogP contribution in [-0.4, -0.2) is 60.7 Å². The molecule has 1 atom stereocenters. The van der Waals surface area contributed by atoms with E-state index in [0.717, 1.165) is 11.1 Å². The van der Waals surface area contributed by atoms with Crippen molar-refractivity contribution in [2.24, 2.45) is 0 Å². The molecule has 0 radical (unpaired) electrons. The van der Waals surface area contributed by atoms with Crippen LogP contribution in [0.4, 0.5) is 0 Å². The highest BCUT2D eigenvalue weighted by molar-refractivity contribution is 7.91. The fourth-order valence-electron chi connectivity index (χ4n) is 3.83. The maximum Gasteiger partial charge on any atom is 0.257 e. The number of methoxy groups -OCH3 is 1. The molecular weight excluding hydrogens is 414 g/mol. The normalized spacial score (nSPS) is 17.4. The molecule has 1 aromatic heterocycles. The molecule has 0 saturated carbocycles. The van der Waals surface area contributed by atoms with Crippen molar-refractivity contribution >= 4 is 15.7 Å². The van der Waals surface area contributed by atoms with Crippen molar-refractivity contribution in [2.45, 2.75) is 19.0 Å². The number of sulfone groups is 1. The maximum atomic E-state index is 13.4. The van der Waals surface area contributed by atoms with E-state index in [1.807, 2.05) is 54.6 Å². The summed E-state index contributed by atoms with van der Waals surface area (Å²) in [7, 11) is 0.177. The quantitative estimate of drug-likeness (QED) is 0.590. The van der Waals surface area contributed by atoms with Gasteiger partial charge in [-0.25, -0.2) is 8.42 Å². The topological polar surface area (TPSA) is 81.5 Å². The maximum absolute atomic E-state index is 13.4. The summed E-state index contributed by atoms with van der Waals surface area (Å²) >= 11 is 0. The second-order valence-corrected chi connectivity index (χ2v) is 10.0. The van der Waals surface area contributed by atoms with Gasteiger partial charge in [-0.05, 0) is 36.2 Å². The Bertz CT molecular complexity index is 1170. The van der Waals surface area contributed by atoms with Gasteiger partial charge in [0.2, 0.25) is 0 Å². The molecule has 162 valence electrons. The molecule has 4 rings (SSSR count). The van der Waals surface area contributed by atoms with Crippen molar-refractivity contribution in [1.29, 1.82) is 0 Å². The first-order chi connectivity index (χ1) is 14.9. The molecule has 2 heterocycles. The van der Waals surface area contributed by atoms with Gasteiger partial charge in [-0.2, -0.15) is 5.10 Å². The van der Waals surface area contributed by atoms with E-state index in [-0.39, 0.29) is 23.5 Å². The van der Waals surface area contributed by atoms with Crippen molar-refractivity contribution in [3.8, 4) is 17.0 Å². The lowest BCUT2D eigenvalue weighted by atomic mass is 10.1. The second-order valence-electron chi connectivity index (χ2n) is 7.78. The summed E-state index contributed by atoms with van der Waals surface area (Å²) in [5.41, 5.74) is 2.88. The number of nitrogens with zero attached hydrogens (tertiary/aromatic N) is 3. The van der Waals surface area contributed by atoms with E-state index in [0.29, 0.717) is 30.0 Å². The molecule has 0 N–H and O–H groups in total. The van der Waals surface area contributed by atoms with Gasteiger partial charge in [0.25, 0.3) is 5.91 Å². The highest BCUT2D eigenvalue weighted by atomic mass is 32.2. The Hall–Kier alpha value is -3.13. The monoisotopic (exact) mass is 439 g/mol. The summed E-state index contributed by atoms with van der Waals surface area (Å²) < 4.78 is 30.8. The molecule has 31 heavy (non-hydrogen) atoms. The van der Waals surface area contributed by atoms with Gasteiger partial charge in [-0.15, -0.1) is 0 Å². The largest absolute Gasteiger partial charge is 0.497 e. The Morgan fingerprint density at radius 2 is 1.87 bits per heavy atom. The zero-order valence-corrected chi connectivity index (χ0v) is 18.4. The summed E-state index contributed by atoms with van der Waals surface area (Å²) in [6.07, 6.45) is 2.20. The smallest absolute Gasteiger partial charge is 0.257 e. The molecule has 2 aromatic carbocycles. The number of ether oxygens (including phenoxy) is 1. The third-order valence-corrected chi connectivity index (χ3v) is 7.37. The molecule has 3 aromatic rings. The minimum atomic E-state index is -3.09. The van der Waals surface area contributed by atoms with Crippen molar-refractivity contribution in [2.75, 3.05) is 25.7 Å². The Morgan fingerprint density at radius 3 is 2.48 bits per heavy atom. The summed E-state index contributed by atoms with van der Waals surface area (Å²) in [5, 5.41) is 4.70. The van der Waals surface area contributed by atoms with Crippen LogP contribution < -0.4 is 4.74 Å². The highest BCUT2D eigenvalue weighted by Gasteiger charge is 2.34. The number of aromatic nitrogens is 2. The number of amides is 1. The third kappa shape index (κ3) is 4.64. The van der Waals surface area contributed by atoms with E-state index in [1.165, 1.54) is 0 Å². The van der Waals surface area contributed by atoms with Crippen LogP contribution in [0.1, 0.15) is 22.3 Å². The zero-order valence-electron chi connectivity index (χ0n) is 17.6. The first kappa shape index (κ1) is 21.1. The van der Waals surface area contributed by atoms with E-state index >= 15 is 0 Å². The number of hydrogen-bond donors (Lipinski definition) is 0. The molecule has 1 aliphatic heterocycles. The molecule has 1 unspecified atom stereocenters. The van der Waals surface area contributed by atoms with E-state index < -0.39 is 9.84 Å². The molecule has 0 bridgehead atoms. The molecule has 1 saturated heterocycles. The molecule has 1 fully saturated rings. The lowest BCUT2D eigenvalue weighted by Crippen LogP contribution is -2.37. The predicted molar refractivity (Wildman–Crippen MR) is 119 cm³/mol. The van der Waals surface area contributed by atoms with Gasteiger partial charge < -0.3 is 9.64 Å². The van der Waals surface area contributed by atoms with Crippen LogP contribution >= 0.6 is 0 Å². The third-order valence-electron chi connectivity index (χ3n) is 5.62. The molecule has 0 aliphatic carbocycles. The van der Waals surface area contributed by atoms with E-state index in [4.69, 9.17) is 9.84 Å². The minimum absolute atomic E-state index is 0.00522. The van der Waals surface area contributed by atoms with Gasteiger partial charge in [0.15, 0.2) is 9.84 Å². The predicted octanol–water partition coefficient (Wildman–Crippen LogP) is 2.87. The number of carbonyl (C=O) groups is 1. The molecular formula is C23H25N3O4S. The molecule has 0 spiro atoms. The van der Waals surface area contributed by atoms with Crippen molar-refractivity contribution in [3.05, 3.63) is 71.9 Å². The van der Waals surface area contributed by atoms with E-state index in [1.54, 1.807) is 29.9 Å². The summed E-state index contributed by atoms with van der Waals surface area (Å²) in [6, 6.07) is 17.0. The van der Waals surface area contributed by atoms with Crippen LogP contribution in [0, 0.1) is 0 Å². The van der Waals surface area contributed by atoms with Crippen molar-refractivity contribution in [1.82, 2.24) is 14.7 Å². The Labute approximate surface area is 182 Å². The first-order valence-corrected chi connectivity index (χ1v) is 11.9. The van der Waals surface area contributed by atoms with Gasteiger partial charge in [0, 0.05) is 24.8 Å². The standard InChI is InChI=1S/C23H25N3O4S/c1-25(19-12-13-31(28,29)16-19)23(27)21-15-26(14-17-6-4-3-5-7-17)24-22(21)18-8-10-20(30-2)11-9-18/h3-11,15,19H,12-14,16H2,1-2H3.